The van der Waals surface area contributed by atoms with Gasteiger partial charge >= 0.3 is 0 Å². The van der Waals surface area contributed by atoms with E-state index < -0.39 is 0 Å². The van der Waals surface area contributed by atoms with E-state index in [2.05, 4.69) is 15.6 Å². The lowest BCUT2D eigenvalue weighted by Gasteiger charge is -2.18. The number of nitrogens with one attached hydrogen (secondary N) is 1. The number of ether oxygens (including phenoxy) is 1. The van der Waals surface area contributed by atoms with Crippen LogP contribution >= 0.6 is 0 Å². The summed E-state index contributed by atoms with van der Waals surface area (Å²) in [4.78, 5) is 27.1. The molecule has 1 atom stereocenters. The van der Waals surface area contributed by atoms with Gasteiger partial charge in [0.25, 0.3) is 5.91 Å². The molecule has 31 heavy (non-hydrogen) atoms. The molecule has 9 nitrogen and oxygen atoms in total. The second-order valence-corrected chi connectivity index (χ2v) is 7.73. The Labute approximate surface area is 180 Å². The monoisotopic (exact) mass is 423 g/mol. The summed E-state index contributed by atoms with van der Waals surface area (Å²) in [6.07, 6.45) is 0.215. The van der Waals surface area contributed by atoms with Crippen LogP contribution in [0, 0.1) is 20.8 Å². The third-order valence-corrected chi connectivity index (χ3v) is 5.44. The Bertz CT molecular complexity index is 1130. The smallest absolute Gasteiger partial charge is 0.274 e. The Hall–Kier alpha value is -3.62. The van der Waals surface area contributed by atoms with E-state index in [-0.39, 0.29) is 30.0 Å². The van der Waals surface area contributed by atoms with Gasteiger partial charge in [0.2, 0.25) is 5.91 Å². The second kappa shape index (κ2) is 8.25. The highest BCUT2D eigenvalue weighted by atomic mass is 16.5. The molecule has 1 fully saturated rings. The Morgan fingerprint density at radius 3 is 2.81 bits per heavy atom. The number of carbonyl (C=O) groups is 2. The first-order chi connectivity index (χ1) is 14.9. The van der Waals surface area contributed by atoms with Gasteiger partial charge in [-0.25, -0.2) is 0 Å². The Morgan fingerprint density at radius 2 is 2.10 bits per heavy atom. The van der Waals surface area contributed by atoms with Crippen molar-refractivity contribution in [3.63, 3.8) is 0 Å². The summed E-state index contributed by atoms with van der Waals surface area (Å²) in [6, 6.07) is 8.94. The maximum absolute atomic E-state index is 13.0. The molecule has 1 aliphatic rings. The fourth-order valence-electron chi connectivity index (χ4n) is 3.83. The van der Waals surface area contributed by atoms with Crippen LogP contribution in [-0.4, -0.2) is 46.4 Å². The van der Waals surface area contributed by atoms with Crippen molar-refractivity contribution >= 4 is 17.5 Å². The van der Waals surface area contributed by atoms with Gasteiger partial charge in [-0.05, 0) is 39.0 Å². The largest absolute Gasteiger partial charge is 0.497 e. The highest BCUT2D eigenvalue weighted by Gasteiger charge is 2.33. The number of methoxy groups -OCH3 is 1. The van der Waals surface area contributed by atoms with E-state index in [0.717, 1.165) is 17.1 Å². The van der Waals surface area contributed by atoms with E-state index in [9.17, 15) is 9.59 Å². The molecule has 0 aliphatic carbocycles. The number of anilines is 1. The summed E-state index contributed by atoms with van der Waals surface area (Å²) in [5.41, 5.74) is 3.53. The summed E-state index contributed by atoms with van der Waals surface area (Å²) in [5.74, 6) is 0.819. The zero-order chi connectivity index (χ0) is 22.1. The van der Waals surface area contributed by atoms with Gasteiger partial charge in [0.15, 0.2) is 5.69 Å². The van der Waals surface area contributed by atoms with Gasteiger partial charge in [0.05, 0.1) is 25.4 Å². The normalized spacial score (nSPS) is 16.1. The number of rotatable bonds is 6. The van der Waals surface area contributed by atoms with Gasteiger partial charge in [-0.2, -0.15) is 5.10 Å². The van der Waals surface area contributed by atoms with E-state index >= 15 is 0 Å². The van der Waals surface area contributed by atoms with Gasteiger partial charge in [-0.3, -0.25) is 14.3 Å². The van der Waals surface area contributed by atoms with E-state index in [1.165, 1.54) is 0 Å². The highest BCUT2D eigenvalue weighted by molar-refractivity contribution is 5.98. The molecule has 2 amide bonds. The second-order valence-electron chi connectivity index (χ2n) is 7.73. The molecule has 0 radical (unpaired) electrons. The molecule has 3 aromatic rings. The van der Waals surface area contributed by atoms with Crippen LogP contribution in [0.2, 0.25) is 0 Å². The number of carbonyl (C=O) groups excluding carboxylic acids is 2. The molecular formula is C22H25N5O4. The predicted molar refractivity (Wildman–Crippen MR) is 113 cm³/mol. The van der Waals surface area contributed by atoms with Crippen LogP contribution in [0.1, 0.15) is 39.6 Å². The number of nitrogens with zero attached hydrogens (tertiary/aromatic N) is 4. The van der Waals surface area contributed by atoms with Gasteiger partial charge < -0.3 is 19.5 Å². The predicted octanol–water partition coefficient (Wildman–Crippen LogP) is 2.39. The van der Waals surface area contributed by atoms with Crippen molar-refractivity contribution in [1.82, 2.24) is 20.3 Å². The topological polar surface area (TPSA) is 102 Å². The molecule has 1 unspecified atom stereocenters. The Balaban J connectivity index is 1.48. The summed E-state index contributed by atoms with van der Waals surface area (Å²) in [6.45, 7) is 6.41. The summed E-state index contributed by atoms with van der Waals surface area (Å²) >= 11 is 0. The van der Waals surface area contributed by atoms with Gasteiger partial charge in [0, 0.05) is 36.0 Å². The van der Waals surface area contributed by atoms with Crippen molar-refractivity contribution < 1.29 is 18.8 Å². The number of aromatic nitrogens is 3. The van der Waals surface area contributed by atoms with E-state index in [0.29, 0.717) is 30.2 Å². The van der Waals surface area contributed by atoms with Crippen LogP contribution in [0.5, 0.6) is 5.75 Å². The van der Waals surface area contributed by atoms with Crippen molar-refractivity contribution in [1.29, 1.82) is 0 Å². The van der Waals surface area contributed by atoms with Crippen LogP contribution in [-0.2, 0) is 11.3 Å². The molecule has 0 bridgehead atoms. The molecule has 1 aromatic carbocycles. The van der Waals surface area contributed by atoms with Crippen LogP contribution < -0.4 is 15.0 Å². The minimum atomic E-state index is -0.362. The van der Waals surface area contributed by atoms with Crippen molar-refractivity contribution in [3.05, 3.63) is 58.7 Å². The first-order valence-electron chi connectivity index (χ1n) is 10.1. The number of hydrogen-bond donors (Lipinski definition) is 1. The van der Waals surface area contributed by atoms with Crippen LogP contribution in [0.4, 0.5) is 5.69 Å². The number of aryl methyl sites for hydroxylation is 3. The maximum Gasteiger partial charge on any atom is 0.274 e. The lowest BCUT2D eigenvalue weighted by molar-refractivity contribution is -0.117. The minimum Gasteiger partial charge on any atom is -0.497 e. The third kappa shape index (κ3) is 4.16. The molecule has 4 rings (SSSR count). The molecule has 1 N–H and O–H groups in total. The number of amides is 2. The molecule has 2 aromatic heterocycles. The van der Waals surface area contributed by atoms with Gasteiger partial charge in [-0.15, -0.1) is 0 Å². The van der Waals surface area contributed by atoms with Crippen molar-refractivity contribution in [2.45, 2.75) is 39.8 Å². The molecule has 0 spiro atoms. The molecular weight excluding hydrogens is 398 g/mol. The quantitative estimate of drug-likeness (QED) is 0.653. The Kier molecular flexibility index (Phi) is 5.50. The van der Waals surface area contributed by atoms with Crippen molar-refractivity contribution in [2.24, 2.45) is 0 Å². The number of benzene rings is 1. The average molecular weight is 423 g/mol. The van der Waals surface area contributed by atoms with Crippen LogP contribution in [0.25, 0.3) is 0 Å². The van der Waals surface area contributed by atoms with E-state index in [1.807, 2.05) is 42.8 Å². The van der Waals surface area contributed by atoms with Gasteiger partial charge in [-0.1, -0.05) is 11.2 Å². The molecule has 1 saturated heterocycles. The fourth-order valence-corrected chi connectivity index (χ4v) is 3.83. The zero-order valence-corrected chi connectivity index (χ0v) is 18.0. The van der Waals surface area contributed by atoms with Crippen molar-refractivity contribution in [2.75, 3.05) is 18.6 Å². The summed E-state index contributed by atoms with van der Waals surface area (Å²) in [5, 5.41) is 11.3. The molecule has 9 heteroatoms. The van der Waals surface area contributed by atoms with Crippen LogP contribution in [0.15, 0.2) is 34.9 Å². The van der Waals surface area contributed by atoms with E-state index in [4.69, 9.17) is 9.26 Å². The van der Waals surface area contributed by atoms with Gasteiger partial charge in [0.1, 0.15) is 11.5 Å². The van der Waals surface area contributed by atoms with Crippen molar-refractivity contribution in [3.8, 4) is 5.75 Å². The minimum absolute atomic E-state index is 0.0576. The molecule has 3 heterocycles. The number of hydrogen-bond acceptors (Lipinski definition) is 6. The summed E-state index contributed by atoms with van der Waals surface area (Å²) < 4.78 is 12.3. The molecule has 162 valence electrons. The SMILES string of the molecule is COc1cccc(N2CC(NC(=O)c3noc(C)c3Cn3nc(C)cc3C)CC2=O)c1. The zero-order valence-electron chi connectivity index (χ0n) is 18.0. The standard InChI is InChI=1S/C22H25N5O4/c1-13-8-14(2)27(24-13)12-19-15(3)31-25-21(19)22(29)23-16-9-20(28)26(11-16)17-6-5-7-18(10-17)30-4/h5-8,10,16H,9,11-12H2,1-4H3,(H,23,29). The maximum atomic E-state index is 13.0. The molecule has 0 saturated carbocycles. The fraction of sp³-hybridized carbons (Fsp3) is 0.364. The first kappa shape index (κ1) is 20.6. The Morgan fingerprint density at radius 1 is 1.29 bits per heavy atom. The lowest BCUT2D eigenvalue weighted by atomic mass is 10.1. The van der Waals surface area contributed by atoms with E-state index in [1.54, 1.807) is 25.0 Å². The first-order valence-corrected chi connectivity index (χ1v) is 10.1. The average Bonchev–Trinajstić information content (AvgIpc) is 3.39. The lowest BCUT2D eigenvalue weighted by Crippen LogP contribution is -2.37. The third-order valence-electron chi connectivity index (χ3n) is 5.44. The molecule has 1 aliphatic heterocycles. The highest BCUT2D eigenvalue weighted by Crippen LogP contribution is 2.26. The summed E-state index contributed by atoms with van der Waals surface area (Å²) in [7, 11) is 1.58. The van der Waals surface area contributed by atoms with Crippen LogP contribution in [0.3, 0.4) is 0 Å².